The van der Waals surface area contributed by atoms with Gasteiger partial charge in [-0.2, -0.15) is 0 Å². The Labute approximate surface area is 115 Å². The Morgan fingerprint density at radius 1 is 1.47 bits per heavy atom. The van der Waals surface area contributed by atoms with Gasteiger partial charge in [0.25, 0.3) is 0 Å². The maximum absolute atomic E-state index is 11.8. The number of esters is 1. The van der Waals surface area contributed by atoms with E-state index in [2.05, 4.69) is 9.97 Å². The Balaban J connectivity index is 1.82. The lowest BCUT2D eigenvalue weighted by Crippen LogP contribution is -2.29. The highest BCUT2D eigenvalue weighted by Crippen LogP contribution is 2.16. The van der Waals surface area contributed by atoms with Crippen molar-refractivity contribution in [1.82, 2.24) is 14.9 Å². The third-order valence-electron chi connectivity index (χ3n) is 2.84. The quantitative estimate of drug-likeness (QED) is 0.651. The van der Waals surface area contributed by atoms with Crippen LogP contribution in [0.4, 0.5) is 0 Å². The molecule has 1 fully saturated rings. The Bertz CT molecular complexity index is 455. The smallest absolute Gasteiger partial charge is 0.356 e. The standard InChI is InChI=1S/C12H17N3O3S/c1-2-18-11(17)9-7-13-12(14-9)19-8-10(16)15-5-3-4-6-15/h7H,2-6,8H2,1H3,(H,13,14). The number of H-pyrrole nitrogens is 1. The van der Waals surface area contributed by atoms with Crippen LogP contribution in [-0.4, -0.2) is 52.2 Å². The number of hydrogen-bond donors (Lipinski definition) is 1. The molecule has 1 saturated heterocycles. The van der Waals surface area contributed by atoms with Crippen molar-refractivity contribution in [2.75, 3.05) is 25.4 Å². The molecule has 6 nitrogen and oxygen atoms in total. The molecule has 0 radical (unpaired) electrons. The van der Waals surface area contributed by atoms with Gasteiger partial charge in [-0.15, -0.1) is 0 Å². The molecular formula is C12H17N3O3S. The highest BCUT2D eigenvalue weighted by Gasteiger charge is 2.18. The first-order chi connectivity index (χ1) is 9.20. The summed E-state index contributed by atoms with van der Waals surface area (Å²) >= 11 is 1.31. The van der Waals surface area contributed by atoms with Gasteiger partial charge >= 0.3 is 5.97 Å². The molecule has 0 atom stereocenters. The van der Waals surface area contributed by atoms with E-state index in [1.54, 1.807) is 6.92 Å². The summed E-state index contributed by atoms with van der Waals surface area (Å²) in [6.45, 7) is 3.78. The zero-order valence-corrected chi connectivity index (χ0v) is 11.7. The summed E-state index contributed by atoms with van der Waals surface area (Å²) in [4.78, 5) is 32.0. The number of ether oxygens (including phenoxy) is 1. The van der Waals surface area contributed by atoms with Crippen molar-refractivity contribution < 1.29 is 14.3 Å². The summed E-state index contributed by atoms with van der Waals surface area (Å²) in [5.74, 6) is 0.0415. The fourth-order valence-corrected chi connectivity index (χ4v) is 2.63. The summed E-state index contributed by atoms with van der Waals surface area (Å²) < 4.78 is 4.85. The summed E-state index contributed by atoms with van der Waals surface area (Å²) in [6.07, 6.45) is 3.61. The topological polar surface area (TPSA) is 75.3 Å². The second kappa shape index (κ2) is 6.60. The van der Waals surface area contributed by atoms with Gasteiger partial charge in [0.1, 0.15) is 5.69 Å². The Kier molecular flexibility index (Phi) is 4.84. The SMILES string of the molecule is CCOC(=O)c1cnc(SCC(=O)N2CCCC2)[nH]1. The van der Waals surface area contributed by atoms with Gasteiger partial charge in [0.2, 0.25) is 5.91 Å². The van der Waals surface area contributed by atoms with Crippen LogP contribution in [0, 0.1) is 0 Å². The fourth-order valence-electron chi connectivity index (χ4n) is 1.88. The predicted molar refractivity (Wildman–Crippen MR) is 71.1 cm³/mol. The lowest BCUT2D eigenvalue weighted by molar-refractivity contribution is -0.127. The molecule has 1 aromatic heterocycles. The molecule has 0 bridgehead atoms. The van der Waals surface area contributed by atoms with Crippen LogP contribution in [-0.2, 0) is 9.53 Å². The van der Waals surface area contributed by atoms with E-state index in [9.17, 15) is 9.59 Å². The van der Waals surface area contributed by atoms with Crippen molar-refractivity contribution in [2.24, 2.45) is 0 Å². The van der Waals surface area contributed by atoms with Gasteiger partial charge in [-0.25, -0.2) is 9.78 Å². The maximum Gasteiger partial charge on any atom is 0.356 e. The summed E-state index contributed by atoms with van der Waals surface area (Å²) in [5, 5.41) is 0.565. The molecule has 0 saturated carbocycles. The van der Waals surface area contributed by atoms with Crippen molar-refractivity contribution in [3.8, 4) is 0 Å². The fraction of sp³-hybridized carbons (Fsp3) is 0.583. The Morgan fingerprint density at radius 3 is 2.89 bits per heavy atom. The minimum Gasteiger partial charge on any atom is -0.461 e. The van der Waals surface area contributed by atoms with Gasteiger partial charge in [0.05, 0.1) is 18.6 Å². The summed E-state index contributed by atoms with van der Waals surface area (Å²) in [7, 11) is 0. The lowest BCUT2D eigenvalue weighted by atomic mass is 10.4. The molecule has 19 heavy (non-hydrogen) atoms. The van der Waals surface area contributed by atoms with Crippen molar-refractivity contribution >= 4 is 23.6 Å². The average molecular weight is 283 g/mol. The second-order valence-corrected chi connectivity index (χ2v) is 5.16. The van der Waals surface area contributed by atoms with E-state index in [4.69, 9.17) is 4.74 Å². The van der Waals surface area contributed by atoms with Crippen LogP contribution in [0.3, 0.4) is 0 Å². The second-order valence-electron chi connectivity index (χ2n) is 4.20. The van der Waals surface area contributed by atoms with Crippen LogP contribution >= 0.6 is 11.8 Å². The van der Waals surface area contributed by atoms with Crippen LogP contribution in [0.5, 0.6) is 0 Å². The largest absolute Gasteiger partial charge is 0.461 e. The number of thioether (sulfide) groups is 1. The normalized spacial score (nSPS) is 14.7. The molecule has 104 valence electrons. The van der Waals surface area contributed by atoms with Crippen LogP contribution in [0.2, 0.25) is 0 Å². The van der Waals surface area contributed by atoms with E-state index in [1.165, 1.54) is 18.0 Å². The van der Waals surface area contributed by atoms with Crippen LogP contribution in [0.15, 0.2) is 11.4 Å². The number of carbonyl (C=O) groups excluding carboxylic acids is 2. The number of rotatable bonds is 5. The van der Waals surface area contributed by atoms with Gasteiger partial charge < -0.3 is 14.6 Å². The molecular weight excluding hydrogens is 266 g/mol. The number of likely N-dealkylation sites (tertiary alicyclic amines) is 1. The van der Waals surface area contributed by atoms with E-state index < -0.39 is 5.97 Å². The first kappa shape index (κ1) is 13.9. The average Bonchev–Trinajstić information content (AvgIpc) is 3.07. The molecule has 2 rings (SSSR count). The van der Waals surface area contributed by atoms with E-state index in [0.717, 1.165) is 25.9 Å². The van der Waals surface area contributed by atoms with Crippen molar-refractivity contribution in [2.45, 2.75) is 24.9 Å². The highest BCUT2D eigenvalue weighted by molar-refractivity contribution is 7.99. The molecule has 1 aromatic rings. The molecule has 0 spiro atoms. The molecule has 2 heterocycles. The molecule has 0 aliphatic carbocycles. The number of hydrogen-bond acceptors (Lipinski definition) is 5. The summed E-state index contributed by atoms with van der Waals surface area (Å²) in [6, 6.07) is 0. The third-order valence-corrected chi connectivity index (χ3v) is 3.71. The molecule has 1 N–H and O–H groups in total. The Hall–Kier alpha value is -1.50. The first-order valence-electron chi connectivity index (χ1n) is 6.33. The zero-order chi connectivity index (χ0) is 13.7. The molecule has 1 aliphatic rings. The number of nitrogens with zero attached hydrogens (tertiary/aromatic N) is 2. The molecule has 0 unspecified atom stereocenters. The molecule has 0 aromatic carbocycles. The van der Waals surface area contributed by atoms with Crippen LogP contribution in [0.25, 0.3) is 0 Å². The van der Waals surface area contributed by atoms with Gasteiger partial charge in [0, 0.05) is 13.1 Å². The summed E-state index contributed by atoms with van der Waals surface area (Å²) in [5.41, 5.74) is 0.318. The number of amides is 1. The van der Waals surface area contributed by atoms with Crippen LogP contribution in [0.1, 0.15) is 30.3 Å². The number of carbonyl (C=O) groups is 2. The van der Waals surface area contributed by atoms with Gasteiger partial charge in [-0.05, 0) is 19.8 Å². The zero-order valence-electron chi connectivity index (χ0n) is 10.8. The molecule has 1 aliphatic heterocycles. The Morgan fingerprint density at radius 2 is 2.21 bits per heavy atom. The van der Waals surface area contributed by atoms with Gasteiger partial charge in [-0.1, -0.05) is 11.8 Å². The minimum atomic E-state index is -0.423. The van der Waals surface area contributed by atoms with Crippen molar-refractivity contribution in [3.05, 3.63) is 11.9 Å². The monoisotopic (exact) mass is 283 g/mol. The van der Waals surface area contributed by atoms with Gasteiger partial charge in [-0.3, -0.25) is 4.79 Å². The lowest BCUT2D eigenvalue weighted by Gasteiger charge is -2.13. The minimum absolute atomic E-state index is 0.122. The number of imidazole rings is 1. The van der Waals surface area contributed by atoms with Gasteiger partial charge in [0.15, 0.2) is 5.16 Å². The van der Waals surface area contributed by atoms with E-state index >= 15 is 0 Å². The first-order valence-corrected chi connectivity index (χ1v) is 7.32. The predicted octanol–water partition coefficient (Wildman–Crippen LogP) is 1.30. The molecule has 7 heteroatoms. The maximum atomic E-state index is 11.8. The van der Waals surface area contributed by atoms with Crippen LogP contribution < -0.4 is 0 Å². The van der Waals surface area contributed by atoms with E-state index in [-0.39, 0.29) is 5.91 Å². The number of aromatic nitrogens is 2. The number of aromatic amines is 1. The molecule has 1 amide bonds. The van der Waals surface area contributed by atoms with Crippen molar-refractivity contribution in [1.29, 1.82) is 0 Å². The van der Waals surface area contributed by atoms with E-state index in [0.29, 0.717) is 23.2 Å². The van der Waals surface area contributed by atoms with E-state index in [1.807, 2.05) is 4.90 Å². The number of nitrogens with one attached hydrogen (secondary N) is 1. The highest BCUT2D eigenvalue weighted by atomic mass is 32.2. The third kappa shape index (κ3) is 3.73. The van der Waals surface area contributed by atoms with Crippen molar-refractivity contribution in [3.63, 3.8) is 0 Å².